The largest absolute Gasteiger partial charge is 0.219 e. The van der Waals surface area contributed by atoms with Crippen molar-refractivity contribution in [2.45, 2.75) is 20.8 Å². The van der Waals surface area contributed by atoms with Crippen LogP contribution in [0.5, 0.6) is 0 Å². The summed E-state index contributed by atoms with van der Waals surface area (Å²) in [4.78, 5) is 27.6. The van der Waals surface area contributed by atoms with Crippen LogP contribution in [0, 0.1) is 20.8 Å². The van der Waals surface area contributed by atoms with Crippen molar-refractivity contribution in [2.75, 3.05) is 0 Å². The molecule has 47 heavy (non-hydrogen) atoms. The van der Waals surface area contributed by atoms with Crippen molar-refractivity contribution >= 4 is 21.5 Å². The third kappa shape index (κ3) is 5.30. The lowest BCUT2D eigenvalue weighted by Crippen LogP contribution is -1.99. The summed E-state index contributed by atoms with van der Waals surface area (Å²) in [6.07, 6.45) is 0. The van der Waals surface area contributed by atoms with Crippen LogP contribution in [-0.4, -0.2) is 29.9 Å². The Morgan fingerprint density at radius 2 is 0.574 bits per heavy atom. The first-order chi connectivity index (χ1) is 23.0. The molecule has 2 aromatic heterocycles. The quantitative estimate of drug-likeness (QED) is 0.182. The maximum Gasteiger partial charge on any atom is 0.163 e. The molecular weight excluding hydrogens is 576 g/mol. The van der Waals surface area contributed by atoms with Gasteiger partial charge in [-0.2, -0.15) is 0 Å². The van der Waals surface area contributed by atoms with Crippen molar-refractivity contribution < 1.29 is 0 Å². The number of hydrogen-bond acceptors (Lipinski definition) is 6. The zero-order valence-electron chi connectivity index (χ0n) is 26.3. The number of nitrogens with zero attached hydrogens (tertiary/aromatic N) is 6. The van der Waals surface area contributed by atoms with Gasteiger partial charge in [-0.15, -0.1) is 0 Å². The standard InChI is InChI=1S/C41H30N6/c1-25-42-26(2)44-39(43-25)31-21-17-28(18-22-31)37-33-13-7-9-15-35(33)38(36-16-10-8-14-34(36)37)29-19-23-32(24-20-29)41-46-27(3)45-40(47-41)30-11-5-4-6-12-30/h4-24H,1-3H3. The summed E-state index contributed by atoms with van der Waals surface area (Å²) in [5, 5.41) is 4.80. The van der Waals surface area contributed by atoms with Crippen molar-refractivity contribution in [1.82, 2.24) is 29.9 Å². The molecule has 0 aliphatic carbocycles. The summed E-state index contributed by atoms with van der Waals surface area (Å²) in [6, 6.07) is 44.5. The minimum absolute atomic E-state index is 0.666. The Hall–Kier alpha value is -6.14. The zero-order chi connectivity index (χ0) is 31.9. The van der Waals surface area contributed by atoms with Gasteiger partial charge in [0, 0.05) is 16.7 Å². The zero-order valence-corrected chi connectivity index (χ0v) is 26.3. The van der Waals surface area contributed by atoms with E-state index in [0.717, 1.165) is 39.5 Å². The Morgan fingerprint density at radius 3 is 0.979 bits per heavy atom. The van der Waals surface area contributed by atoms with Gasteiger partial charge in [0.2, 0.25) is 0 Å². The molecule has 2 heterocycles. The minimum atomic E-state index is 0.666. The van der Waals surface area contributed by atoms with Gasteiger partial charge in [0.05, 0.1) is 0 Å². The summed E-state index contributed by atoms with van der Waals surface area (Å²) < 4.78 is 0. The first-order valence-electron chi connectivity index (χ1n) is 15.6. The van der Waals surface area contributed by atoms with Crippen LogP contribution in [0.3, 0.4) is 0 Å². The third-order valence-electron chi connectivity index (χ3n) is 8.43. The van der Waals surface area contributed by atoms with E-state index >= 15 is 0 Å². The topological polar surface area (TPSA) is 77.3 Å². The lowest BCUT2D eigenvalue weighted by Gasteiger charge is -2.18. The Morgan fingerprint density at radius 1 is 0.277 bits per heavy atom. The molecule has 8 aromatic rings. The average Bonchev–Trinajstić information content (AvgIpc) is 3.10. The number of fused-ring (bicyclic) bond motifs is 2. The Kier molecular flexibility index (Phi) is 7.03. The summed E-state index contributed by atoms with van der Waals surface area (Å²) in [5.41, 5.74) is 7.58. The fourth-order valence-electron chi connectivity index (χ4n) is 6.39. The van der Waals surface area contributed by atoms with E-state index in [0.29, 0.717) is 23.3 Å². The lowest BCUT2D eigenvalue weighted by molar-refractivity contribution is 0.928. The van der Waals surface area contributed by atoms with Crippen LogP contribution in [0.1, 0.15) is 17.5 Å². The van der Waals surface area contributed by atoms with Crippen LogP contribution >= 0.6 is 0 Å². The van der Waals surface area contributed by atoms with Crippen molar-refractivity contribution in [3.8, 4) is 56.4 Å². The van der Waals surface area contributed by atoms with Crippen molar-refractivity contribution in [1.29, 1.82) is 0 Å². The number of aromatic nitrogens is 6. The predicted molar refractivity (Wildman–Crippen MR) is 190 cm³/mol. The Labute approximate surface area is 272 Å². The van der Waals surface area contributed by atoms with Crippen LogP contribution in [0.2, 0.25) is 0 Å². The van der Waals surface area contributed by atoms with Crippen LogP contribution in [-0.2, 0) is 0 Å². The fourth-order valence-corrected chi connectivity index (χ4v) is 6.39. The molecule has 8 rings (SSSR count). The van der Waals surface area contributed by atoms with Crippen molar-refractivity contribution in [3.05, 3.63) is 145 Å². The second-order valence-corrected chi connectivity index (χ2v) is 11.6. The maximum absolute atomic E-state index is 4.82. The molecule has 0 spiro atoms. The Balaban J connectivity index is 1.24. The molecule has 0 radical (unpaired) electrons. The van der Waals surface area contributed by atoms with Crippen LogP contribution in [0.25, 0.3) is 78.0 Å². The van der Waals surface area contributed by atoms with Gasteiger partial charge in [0.15, 0.2) is 17.5 Å². The monoisotopic (exact) mass is 606 g/mol. The summed E-state index contributed by atoms with van der Waals surface area (Å²) in [5.74, 6) is 4.17. The molecule has 6 aromatic carbocycles. The minimum Gasteiger partial charge on any atom is -0.219 e. The SMILES string of the molecule is Cc1nc(C)nc(-c2ccc(-c3c4ccccc4c(-c4ccc(-c5nc(C)nc(-c6ccccc6)n5)cc4)c4ccccc34)cc2)n1. The molecule has 0 unspecified atom stereocenters. The van der Waals surface area contributed by atoms with Gasteiger partial charge >= 0.3 is 0 Å². The van der Waals surface area contributed by atoms with Crippen LogP contribution in [0.4, 0.5) is 0 Å². The van der Waals surface area contributed by atoms with E-state index in [2.05, 4.69) is 122 Å². The molecule has 0 atom stereocenters. The number of rotatable bonds is 5. The lowest BCUT2D eigenvalue weighted by atomic mass is 9.85. The molecule has 224 valence electrons. The highest BCUT2D eigenvalue weighted by atomic mass is 15.0. The van der Waals surface area contributed by atoms with E-state index < -0.39 is 0 Å². The number of benzene rings is 6. The molecule has 0 aliphatic heterocycles. The van der Waals surface area contributed by atoms with Gasteiger partial charge in [-0.1, -0.05) is 127 Å². The van der Waals surface area contributed by atoms with E-state index in [1.165, 1.54) is 32.7 Å². The van der Waals surface area contributed by atoms with Gasteiger partial charge < -0.3 is 0 Å². The van der Waals surface area contributed by atoms with Crippen molar-refractivity contribution in [2.24, 2.45) is 0 Å². The summed E-state index contributed by atoms with van der Waals surface area (Å²) in [6.45, 7) is 5.71. The predicted octanol–water partition coefficient (Wildman–Crippen LogP) is 9.62. The van der Waals surface area contributed by atoms with Crippen molar-refractivity contribution in [3.63, 3.8) is 0 Å². The average molecular weight is 607 g/mol. The normalized spacial score (nSPS) is 11.3. The van der Waals surface area contributed by atoms with E-state index in [4.69, 9.17) is 4.98 Å². The first-order valence-corrected chi connectivity index (χ1v) is 15.6. The van der Waals surface area contributed by atoms with Gasteiger partial charge in [-0.3, -0.25) is 0 Å². The molecule has 0 saturated carbocycles. The highest BCUT2D eigenvalue weighted by Crippen LogP contribution is 2.44. The third-order valence-corrected chi connectivity index (χ3v) is 8.43. The van der Waals surface area contributed by atoms with E-state index in [9.17, 15) is 0 Å². The first kappa shape index (κ1) is 28.3. The second kappa shape index (κ2) is 11.7. The van der Waals surface area contributed by atoms with Gasteiger partial charge in [-0.25, -0.2) is 29.9 Å². The number of aryl methyl sites for hydroxylation is 3. The summed E-state index contributed by atoms with van der Waals surface area (Å²) >= 11 is 0. The van der Waals surface area contributed by atoms with Gasteiger partial charge in [-0.05, 0) is 64.6 Å². The molecule has 0 fully saturated rings. The maximum atomic E-state index is 4.82. The smallest absolute Gasteiger partial charge is 0.163 e. The van der Waals surface area contributed by atoms with Gasteiger partial charge in [0.25, 0.3) is 0 Å². The van der Waals surface area contributed by atoms with E-state index in [1.54, 1.807) is 0 Å². The molecule has 0 aliphatic rings. The molecule has 0 saturated heterocycles. The molecule has 6 heteroatoms. The van der Waals surface area contributed by atoms with E-state index in [-0.39, 0.29) is 0 Å². The molecule has 0 N–H and O–H groups in total. The highest BCUT2D eigenvalue weighted by molar-refractivity contribution is 6.21. The summed E-state index contributed by atoms with van der Waals surface area (Å²) in [7, 11) is 0. The van der Waals surface area contributed by atoms with Crippen LogP contribution in [0.15, 0.2) is 127 Å². The Bertz CT molecular complexity index is 2340. The van der Waals surface area contributed by atoms with E-state index in [1.807, 2.05) is 51.1 Å². The molecule has 0 amide bonds. The molecule has 6 nitrogen and oxygen atoms in total. The fraction of sp³-hybridized carbons (Fsp3) is 0.0732. The molecule has 0 bridgehead atoms. The van der Waals surface area contributed by atoms with Gasteiger partial charge in [0.1, 0.15) is 17.5 Å². The molecular formula is C41H30N6. The number of hydrogen-bond donors (Lipinski definition) is 0. The second-order valence-electron chi connectivity index (χ2n) is 11.6. The highest BCUT2D eigenvalue weighted by Gasteiger charge is 2.17. The van der Waals surface area contributed by atoms with Crippen LogP contribution < -0.4 is 0 Å².